The monoisotopic (exact) mass is 234 g/mol. The van der Waals surface area contributed by atoms with Crippen LogP contribution in [0.1, 0.15) is 32.6 Å². The first kappa shape index (κ1) is 12.9. The van der Waals surface area contributed by atoms with Crippen LogP contribution in [0.15, 0.2) is 0 Å². The van der Waals surface area contributed by atoms with Crippen LogP contribution in [0.5, 0.6) is 0 Å². The molecule has 1 aliphatic heterocycles. The van der Waals surface area contributed by atoms with Crippen LogP contribution in [-0.4, -0.2) is 38.1 Å². The second-order valence-electron chi connectivity index (χ2n) is 4.23. The summed E-state index contributed by atoms with van der Waals surface area (Å²) < 4.78 is 25.4. The van der Waals surface area contributed by atoms with Gasteiger partial charge in [-0.2, -0.15) is 0 Å². The minimum Gasteiger partial charge on any atom is -0.330 e. The number of nitrogens with two attached hydrogens (primary N) is 1. The van der Waals surface area contributed by atoms with Crippen molar-refractivity contribution in [1.29, 1.82) is 0 Å². The van der Waals surface area contributed by atoms with Gasteiger partial charge in [0.15, 0.2) is 0 Å². The fourth-order valence-corrected chi connectivity index (χ4v) is 3.64. The first-order valence-electron chi connectivity index (χ1n) is 5.78. The quantitative estimate of drug-likeness (QED) is 0.765. The summed E-state index contributed by atoms with van der Waals surface area (Å²) >= 11 is 0. The average Bonchev–Trinajstić information content (AvgIpc) is 2.26. The third kappa shape index (κ3) is 3.74. The van der Waals surface area contributed by atoms with Gasteiger partial charge in [-0.15, -0.1) is 0 Å². The summed E-state index contributed by atoms with van der Waals surface area (Å²) in [5, 5.41) is 0. The fraction of sp³-hybridized carbons (Fsp3) is 1.00. The number of piperidine rings is 1. The maximum absolute atomic E-state index is 11.9. The lowest BCUT2D eigenvalue weighted by molar-refractivity contribution is 0.261. The minimum atomic E-state index is -3.04. The molecule has 1 aliphatic rings. The van der Waals surface area contributed by atoms with Crippen molar-refractivity contribution in [3.8, 4) is 0 Å². The Kier molecular flexibility index (Phi) is 5.02. The molecular weight excluding hydrogens is 212 g/mol. The first-order valence-corrected chi connectivity index (χ1v) is 7.39. The van der Waals surface area contributed by atoms with Crippen LogP contribution in [0.2, 0.25) is 0 Å². The number of sulfonamides is 1. The zero-order chi connectivity index (χ0) is 11.3. The lowest BCUT2D eigenvalue weighted by Crippen LogP contribution is -2.41. The highest BCUT2D eigenvalue weighted by atomic mass is 32.2. The standard InChI is InChI=1S/C10H22N2O2S/c1-2-10-5-3-7-12(9-10)15(13,14)8-4-6-11/h10H,2-9,11H2,1H3. The van der Waals surface area contributed by atoms with Crippen molar-refractivity contribution >= 4 is 10.0 Å². The summed E-state index contributed by atoms with van der Waals surface area (Å²) in [5.74, 6) is 0.756. The fourth-order valence-electron chi connectivity index (χ4n) is 2.01. The Balaban J connectivity index is 2.54. The van der Waals surface area contributed by atoms with E-state index in [1.165, 1.54) is 6.42 Å². The van der Waals surface area contributed by atoms with Crippen molar-refractivity contribution in [3.63, 3.8) is 0 Å². The van der Waals surface area contributed by atoms with E-state index in [2.05, 4.69) is 6.92 Å². The Morgan fingerprint density at radius 1 is 1.47 bits per heavy atom. The van der Waals surface area contributed by atoms with Crippen molar-refractivity contribution in [3.05, 3.63) is 0 Å². The average molecular weight is 234 g/mol. The van der Waals surface area contributed by atoms with Gasteiger partial charge in [-0.05, 0) is 31.7 Å². The summed E-state index contributed by atoms with van der Waals surface area (Å²) in [6.07, 6.45) is 3.80. The van der Waals surface area contributed by atoms with Crippen molar-refractivity contribution in [2.45, 2.75) is 32.6 Å². The highest BCUT2D eigenvalue weighted by molar-refractivity contribution is 7.89. The Hall–Kier alpha value is -0.130. The van der Waals surface area contributed by atoms with E-state index in [9.17, 15) is 8.42 Å². The van der Waals surface area contributed by atoms with Crippen LogP contribution >= 0.6 is 0 Å². The molecule has 15 heavy (non-hydrogen) atoms. The van der Waals surface area contributed by atoms with Crippen LogP contribution in [0.25, 0.3) is 0 Å². The van der Waals surface area contributed by atoms with Gasteiger partial charge in [0.2, 0.25) is 10.0 Å². The topological polar surface area (TPSA) is 63.4 Å². The van der Waals surface area contributed by atoms with Gasteiger partial charge in [0, 0.05) is 13.1 Å². The van der Waals surface area contributed by atoms with Crippen molar-refractivity contribution in [2.24, 2.45) is 11.7 Å². The summed E-state index contributed by atoms with van der Waals surface area (Å²) in [6.45, 7) is 3.98. The SMILES string of the molecule is CCC1CCCN(S(=O)(=O)CCCN)C1. The predicted molar refractivity (Wildman–Crippen MR) is 62.0 cm³/mol. The molecule has 0 amide bonds. The zero-order valence-corrected chi connectivity index (χ0v) is 10.3. The van der Waals surface area contributed by atoms with E-state index in [1.807, 2.05) is 0 Å². The molecule has 0 bridgehead atoms. The Morgan fingerprint density at radius 2 is 2.20 bits per heavy atom. The van der Waals surface area contributed by atoms with Crippen molar-refractivity contribution in [2.75, 3.05) is 25.4 Å². The molecule has 1 fully saturated rings. The van der Waals surface area contributed by atoms with Gasteiger partial charge >= 0.3 is 0 Å². The smallest absolute Gasteiger partial charge is 0.214 e. The molecule has 1 unspecified atom stereocenters. The lowest BCUT2D eigenvalue weighted by atomic mass is 9.97. The summed E-state index contributed by atoms with van der Waals surface area (Å²) in [6, 6.07) is 0. The Morgan fingerprint density at radius 3 is 2.80 bits per heavy atom. The predicted octanol–water partition coefficient (Wildman–Crippen LogP) is 0.787. The zero-order valence-electron chi connectivity index (χ0n) is 9.48. The van der Waals surface area contributed by atoms with E-state index in [0.29, 0.717) is 32.0 Å². The van der Waals surface area contributed by atoms with Crippen LogP contribution in [0, 0.1) is 5.92 Å². The molecular formula is C10H22N2O2S. The van der Waals surface area contributed by atoms with E-state index in [-0.39, 0.29) is 5.75 Å². The van der Waals surface area contributed by atoms with Crippen molar-refractivity contribution in [1.82, 2.24) is 4.31 Å². The van der Waals surface area contributed by atoms with Crippen LogP contribution in [0.4, 0.5) is 0 Å². The molecule has 0 spiro atoms. The minimum absolute atomic E-state index is 0.208. The van der Waals surface area contributed by atoms with E-state index < -0.39 is 10.0 Å². The Bertz CT molecular complexity index is 277. The van der Waals surface area contributed by atoms with Crippen LogP contribution in [-0.2, 0) is 10.0 Å². The Labute approximate surface area is 92.9 Å². The molecule has 0 aromatic carbocycles. The van der Waals surface area contributed by atoms with Crippen LogP contribution in [0.3, 0.4) is 0 Å². The molecule has 0 aromatic heterocycles. The van der Waals surface area contributed by atoms with E-state index in [4.69, 9.17) is 5.73 Å². The van der Waals surface area contributed by atoms with Gasteiger partial charge < -0.3 is 5.73 Å². The van der Waals surface area contributed by atoms with Gasteiger partial charge in [-0.3, -0.25) is 0 Å². The second kappa shape index (κ2) is 5.82. The van der Waals surface area contributed by atoms with Gasteiger partial charge in [-0.1, -0.05) is 13.3 Å². The maximum atomic E-state index is 11.9. The van der Waals surface area contributed by atoms with E-state index in [1.54, 1.807) is 4.31 Å². The normalized spacial score (nSPS) is 24.3. The number of hydrogen-bond donors (Lipinski definition) is 1. The summed E-state index contributed by atoms with van der Waals surface area (Å²) in [7, 11) is -3.04. The van der Waals surface area contributed by atoms with E-state index >= 15 is 0 Å². The molecule has 5 heteroatoms. The summed E-state index contributed by atoms with van der Waals surface area (Å²) in [5.41, 5.74) is 5.34. The third-order valence-corrected chi connectivity index (χ3v) is 4.98. The molecule has 0 aromatic rings. The molecule has 1 rings (SSSR count). The van der Waals surface area contributed by atoms with Gasteiger partial charge in [-0.25, -0.2) is 12.7 Å². The number of hydrogen-bond acceptors (Lipinski definition) is 3. The van der Waals surface area contributed by atoms with Crippen molar-refractivity contribution < 1.29 is 8.42 Å². The highest BCUT2D eigenvalue weighted by Gasteiger charge is 2.27. The first-order chi connectivity index (χ1) is 7.10. The maximum Gasteiger partial charge on any atom is 0.214 e. The third-order valence-electron chi connectivity index (χ3n) is 3.06. The number of nitrogens with zero attached hydrogens (tertiary/aromatic N) is 1. The molecule has 2 N–H and O–H groups in total. The number of rotatable bonds is 5. The second-order valence-corrected chi connectivity index (χ2v) is 6.32. The molecule has 4 nitrogen and oxygen atoms in total. The highest BCUT2D eigenvalue weighted by Crippen LogP contribution is 2.21. The van der Waals surface area contributed by atoms with Gasteiger partial charge in [0.1, 0.15) is 0 Å². The summed E-state index contributed by atoms with van der Waals surface area (Å²) in [4.78, 5) is 0. The molecule has 90 valence electrons. The van der Waals surface area contributed by atoms with E-state index in [0.717, 1.165) is 12.8 Å². The largest absolute Gasteiger partial charge is 0.330 e. The lowest BCUT2D eigenvalue weighted by Gasteiger charge is -2.31. The molecule has 0 radical (unpaired) electrons. The molecule has 1 saturated heterocycles. The van der Waals surface area contributed by atoms with Crippen LogP contribution < -0.4 is 5.73 Å². The van der Waals surface area contributed by atoms with Gasteiger partial charge in [0.05, 0.1) is 5.75 Å². The molecule has 0 saturated carbocycles. The molecule has 1 heterocycles. The van der Waals surface area contributed by atoms with Gasteiger partial charge in [0.25, 0.3) is 0 Å². The molecule has 0 aliphatic carbocycles. The molecule has 1 atom stereocenters.